The van der Waals surface area contributed by atoms with Crippen molar-refractivity contribution in [1.29, 1.82) is 0 Å². The number of rotatable bonds is 3. The van der Waals surface area contributed by atoms with E-state index in [1.807, 2.05) is 32.6 Å². The Morgan fingerprint density at radius 1 is 1.08 bits per heavy atom. The molecule has 0 aliphatic carbocycles. The molecule has 0 aromatic heterocycles. The largest absolute Gasteiger partial charge is 0.412 e. The van der Waals surface area contributed by atoms with Crippen LogP contribution in [0.2, 0.25) is 0 Å². The van der Waals surface area contributed by atoms with Crippen molar-refractivity contribution in [3.05, 3.63) is 8.87 Å². The summed E-state index contributed by atoms with van der Waals surface area (Å²) in [6, 6.07) is 0. The van der Waals surface area contributed by atoms with Crippen molar-refractivity contribution in [1.82, 2.24) is 0 Å². The summed E-state index contributed by atoms with van der Waals surface area (Å²) >= 11 is 3.96. The summed E-state index contributed by atoms with van der Waals surface area (Å²) < 4.78 is 3.03. The van der Waals surface area contributed by atoms with Gasteiger partial charge in [-0.1, -0.05) is 13.3 Å². The second-order valence-electron chi connectivity index (χ2n) is 2.10. The minimum Gasteiger partial charge on any atom is -0.412 e. The molecule has 0 fully saturated rings. The molecule has 3 nitrogen and oxygen atoms in total. The van der Waals surface area contributed by atoms with Crippen LogP contribution in [0.25, 0.3) is 0 Å². The minimum absolute atomic E-state index is 0. The van der Waals surface area contributed by atoms with Crippen LogP contribution in [0.4, 0.5) is 0 Å². The molecule has 0 unspecified atom stereocenters. The molecular weight excluding hydrogens is 648 g/mol. The van der Waals surface area contributed by atoms with E-state index in [9.17, 15) is 0 Å². The maximum absolute atomic E-state index is 5.40. The first kappa shape index (κ1) is 29.7. The summed E-state index contributed by atoms with van der Waals surface area (Å²) in [5, 5.41) is 0. The molecule has 0 rings (SSSR count). The molecule has 13 heavy (non-hydrogen) atoms. The third-order valence-corrected chi connectivity index (χ3v) is 3.73. The van der Waals surface area contributed by atoms with Crippen LogP contribution in [0.3, 0.4) is 0 Å². The van der Waals surface area contributed by atoms with Gasteiger partial charge in [-0.05, 0) is 13.0 Å². The third-order valence-electron chi connectivity index (χ3n) is 1.37. The van der Waals surface area contributed by atoms with Crippen molar-refractivity contribution in [3.8, 4) is 0 Å². The summed E-state index contributed by atoms with van der Waals surface area (Å²) in [6.45, 7) is 2.98. The minimum atomic E-state index is 0. The van der Waals surface area contributed by atoms with Crippen LogP contribution >= 0.6 is 0 Å². The van der Waals surface area contributed by atoms with Crippen LogP contribution in [0.1, 0.15) is 19.8 Å². The molecule has 0 aliphatic heterocycles. The molecule has 0 aliphatic rings. The summed E-state index contributed by atoms with van der Waals surface area (Å²) in [7, 11) is 0. The van der Waals surface area contributed by atoms with Gasteiger partial charge in [0.2, 0.25) is 32.6 Å². The van der Waals surface area contributed by atoms with E-state index in [-0.39, 0.29) is 73.2 Å². The van der Waals surface area contributed by atoms with Crippen LogP contribution < -0.4 is 5.73 Å². The average Bonchev–Trinajstić information content (AvgIpc) is 1.87. The molecular formula is C6H17Al2NO2U2. The normalized spacial score (nSPS) is 9.08. The first-order valence-corrected chi connectivity index (χ1v) is 4.69. The molecule has 0 saturated carbocycles. The zero-order chi connectivity index (χ0) is 7.28. The molecule has 0 amide bonds. The van der Waals surface area contributed by atoms with Gasteiger partial charge in [0.25, 0.3) is 0 Å². The number of allylic oxidation sites excluding steroid dienone is 1. The van der Waals surface area contributed by atoms with Crippen molar-refractivity contribution in [2.24, 2.45) is 5.73 Å². The predicted molar refractivity (Wildman–Crippen MR) is 52.5 cm³/mol. The van der Waals surface area contributed by atoms with Gasteiger partial charge in [-0.3, -0.25) is 0 Å². The van der Waals surface area contributed by atoms with Crippen LogP contribution in [-0.4, -0.2) is 50.1 Å². The van der Waals surface area contributed by atoms with Crippen molar-refractivity contribution < 1.29 is 73.2 Å². The Kier molecular flexibility index (Phi) is 46.2. The van der Waals surface area contributed by atoms with Crippen LogP contribution in [-0.2, 0) is 0 Å². The van der Waals surface area contributed by atoms with Gasteiger partial charge in [-0.15, -0.1) is 0 Å². The maximum Gasteiger partial charge on any atom is 0.213 e. The quantitative estimate of drug-likeness (QED) is 0.352. The standard InChI is InChI=1S/C6H11N.2Al.2H2O.2U.2H/c1-2-3-4-5-6-7;;;;;;;;/h2,5-7H2,1H3;;;2*1H2;;;;. The fraction of sp³-hybridized carbons (Fsp3) is 0.667. The second kappa shape index (κ2) is 20.2. The van der Waals surface area contributed by atoms with E-state index in [0.29, 0.717) is 0 Å². The Morgan fingerprint density at radius 3 is 1.69 bits per heavy atom. The molecule has 2 radical (unpaired) electrons. The van der Waals surface area contributed by atoms with Crippen molar-refractivity contribution >= 4 is 32.6 Å². The fourth-order valence-corrected chi connectivity index (χ4v) is 1.23. The van der Waals surface area contributed by atoms with Crippen molar-refractivity contribution in [3.63, 3.8) is 0 Å². The van der Waals surface area contributed by atoms with Gasteiger partial charge in [0.1, 0.15) is 0 Å². The maximum atomic E-state index is 5.40. The Labute approximate surface area is 144 Å². The first-order valence-electron chi connectivity index (χ1n) is 3.28. The number of nitrogens with two attached hydrogens (primary N) is 1. The van der Waals surface area contributed by atoms with E-state index in [1.165, 1.54) is 15.3 Å². The molecule has 6 N–H and O–H groups in total. The molecule has 0 spiro atoms. The topological polar surface area (TPSA) is 89.0 Å². The zero-order valence-electron chi connectivity index (χ0n) is 8.11. The Bertz CT molecular complexity index is 125. The number of hydrogen-bond donors (Lipinski definition) is 1. The van der Waals surface area contributed by atoms with E-state index in [2.05, 4.69) is 6.92 Å². The molecule has 0 bridgehead atoms. The SMILES string of the molecule is CC/[C]([AlH])=[C](/[AlH])CCN.O.O.[U].[U]. The molecule has 0 aromatic rings. The van der Waals surface area contributed by atoms with Crippen molar-refractivity contribution in [2.45, 2.75) is 19.8 Å². The Morgan fingerprint density at radius 2 is 1.46 bits per heavy atom. The van der Waals surface area contributed by atoms with Crippen molar-refractivity contribution in [2.75, 3.05) is 6.54 Å². The van der Waals surface area contributed by atoms with Gasteiger partial charge >= 0.3 is 0 Å². The van der Waals surface area contributed by atoms with Crippen LogP contribution in [0.5, 0.6) is 0 Å². The molecule has 7 heteroatoms. The second-order valence-corrected chi connectivity index (χ2v) is 3.81. The third kappa shape index (κ3) is 17.4. The summed E-state index contributed by atoms with van der Waals surface area (Å²) in [5.41, 5.74) is 5.40. The zero-order valence-corrected chi connectivity index (χ0v) is 19.3. The molecule has 72 valence electrons. The average molecular weight is 665 g/mol. The van der Waals surface area contributed by atoms with E-state index in [1.54, 1.807) is 0 Å². The van der Waals surface area contributed by atoms with Crippen LogP contribution in [0, 0.1) is 62.2 Å². The van der Waals surface area contributed by atoms with E-state index < -0.39 is 0 Å². The van der Waals surface area contributed by atoms with Gasteiger partial charge in [0.05, 0.1) is 0 Å². The van der Waals surface area contributed by atoms with E-state index >= 15 is 0 Å². The van der Waals surface area contributed by atoms with Gasteiger partial charge in [-0.25, -0.2) is 0 Å². The monoisotopic (exact) mass is 665 g/mol. The smallest absolute Gasteiger partial charge is 0.213 e. The van der Waals surface area contributed by atoms with E-state index in [4.69, 9.17) is 5.73 Å². The van der Waals surface area contributed by atoms with Gasteiger partial charge in [0, 0.05) is 62.2 Å². The predicted octanol–water partition coefficient (Wildman–Crippen LogP) is -1.89. The van der Waals surface area contributed by atoms with Gasteiger partial charge in [-0.2, -0.15) is 8.87 Å². The summed E-state index contributed by atoms with van der Waals surface area (Å²) in [5.74, 6) is 0. The Hall–Kier alpha value is 2.79. The first-order chi connectivity index (χ1) is 4.22. The summed E-state index contributed by atoms with van der Waals surface area (Å²) in [4.78, 5) is 0. The van der Waals surface area contributed by atoms with E-state index in [0.717, 1.165) is 13.0 Å². The molecule has 0 aromatic carbocycles. The van der Waals surface area contributed by atoms with Crippen LogP contribution in [0.15, 0.2) is 8.87 Å². The van der Waals surface area contributed by atoms with Gasteiger partial charge in [0.15, 0.2) is 0 Å². The molecule has 0 atom stereocenters. The Balaban J connectivity index is -0.0000000533. The summed E-state index contributed by atoms with van der Waals surface area (Å²) in [6.07, 6.45) is 2.25. The number of hydrogen-bond acceptors (Lipinski definition) is 1. The van der Waals surface area contributed by atoms with Gasteiger partial charge < -0.3 is 16.7 Å². The molecule has 0 saturated heterocycles. The fourth-order valence-electron chi connectivity index (χ4n) is 0.601. The molecule has 0 heterocycles.